The molecule has 0 spiro atoms. The van der Waals surface area contributed by atoms with Gasteiger partial charge in [-0.3, -0.25) is 4.79 Å². The molecule has 1 aromatic heterocycles. The fourth-order valence-electron chi connectivity index (χ4n) is 2.23. The average molecular weight is 286 g/mol. The van der Waals surface area contributed by atoms with Crippen LogP contribution in [0.4, 0.5) is 14.5 Å². The molecule has 0 bridgehead atoms. The summed E-state index contributed by atoms with van der Waals surface area (Å²) in [5.41, 5.74) is 0.473. The maximum atomic E-state index is 13.5. The first-order valence-corrected chi connectivity index (χ1v) is 6.43. The summed E-state index contributed by atoms with van der Waals surface area (Å²) < 4.78 is 28.7. The highest BCUT2D eigenvalue weighted by molar-refractivity contribution is 5.92. The molecule has 21 heavy (non-hydrogen) atoms. The summed E-state index contributed by atoms with van der Waals surface area (Å²) in [6, 6.07) is 12.9. The van der Waals surface area contributed by atoms with Crippen LogP contribution < -0.4 is 5.32 Å². The van der Waals surface area contributed by atoms with Crippen LogP contribution in [0.1, 0.15) is 0 Å². The van der Waals surface area contributed by atoms with Gasteiger partial charge in [-0.15, -0.1) is 0 Å². The van der Waals surface area contributed by atoms with Crippen LogP contribution in [0.3, 0.4) is 0 Å². The summed E-state index contributed by atoms with van der Waals surface area (Å²) in [4.78, 5) is 12.0. The van der Waals surface area contributed by atoms with Gasteiger partial charge in [0.25, 0.3) is 0 Å². The Kier molecular flexibility index (Phi) is 3.39. The Labute approximate surface area is 119 Å². The molecule has 0 atom stereocenters. The van der Waals surface area contributed by atoms with Crippen molar-refractivity contribution < 1.29 is 13.6 Å². The van der Waals surface area contributed by atoms with Gasteiger partial charge in [0.15, 0.2) is 0 Å². The van der Waals surface area contributed by atoms with Gasteiger partial charge in [-0.1, -0.05) is 24.3 Å². The van der Waals surface area contributed by atoms with Crippen molar-refractivity contribution in [2.75, 3.05) is 5.32 Å². The molecule has 0 unspecified atom stereocenters. The molecular formula is C16H12F2N2O. The first-order valence-electron chi connectivity index (χ1n) is 6.43. The number of nitrogens with one attached hydrogen (secondary N) is 1. The minimum absolute atomic E-state index is 0.0126. The Balaban J connectivity index is 1.81. The minimum Gasteiger partial charge on any atom is -0.338 e. The number of nitrogens with zero attached hydrogens (tertiary/aromatic N) is 1. The van der Waals surface area contributed by atoms with Gasteiger partial charge < -0.3 is 9.88 Å². The van der Waals surface area contributed by atoms with E-state index in [4.69, 9.17) is 0 Å². The van der Waals surface area contributed by atoms with Crippen LogP contribution in [-0.2, 0) is 11.3 Å². The second-order valence-corrected chi connectivity index (χ2v) is 4.65. The van der Waals surface area contributed by atoms with Gasteiger partial charge in [-0.05, 0) is 29.7 Å². The van der Waals surface area contributed by atoms with Gasteiger partial charge in [-0.25, -0.2) is 8.78 Å². The number of hydrogen-bond donors (Lipinski definition) is 1. The highest BCUT2D eigenvalue weighted by Gasteiger charge is 2.12. The average Bonchev–Trinajstić information content (AvgIpc) is 2.87. The van der Waals surface area contributed by atoms with E-state index in [1.165, 1.54) is 6.07 Å². The van der Waals surface area contributed by atoms with Gasteiger partial charge >= 0.3 is 0 Å². The topological polar surface area (TPSA) is 34.0 Å². The van der Waals surface area contributed by atoms with Crippen LogP contribution in [-0.4, -0.2) is 10.5 Å². The van der Waals surface area contributed by atoms with Gasteiger partial charge in [0.1, 0.15) is 23.9 Å². The number of benzene rings is 2. The second kappa shape index (κ2) is 5.36. The standard InChI is InChI=1S/C16H12F2N2O/c17-12-5-3-6-13(18)16(12)19-15(21)10-20-9-8-11-4-1-2-7-14(11)20/h1-9H,10H2,(H,19,21). The number of carbonyl (C=O) groups excluding carboxylic acids is 1. The number of fused-ring (bicyclic) bond motifs is 1. The Morgan fingerprint density at radius 1 is 1.00 bits per heavy atom. The monoisotopic (exact) mass is 286 g/mol. The zero-order valence-electron chi connectivity index (χ0n) is 11.0. The van der Waals surface area contributed by atoms with E-state index in [9.17, 15) is 13.6 Å². The van der Waals surface area contributed by atoms with E-state index in [-0.39, 0.29) is 6.54 Å². The van der Waals surface area contributed by atoms with Gasteiger partial charge in [0.05, 0.1) is 0 Å². The molecule has 0 fully saturated rings. The Hall–Kier alpha value is -2.69. The van der Waals surface area contributed by atoms with E-state index in [0.717, 1.165) is 23.0 Å². The van der Waals surface area contributed by atoms with Gasteiger partial charge in [0, 0.05) is 11.7 Å². The molecule has 3 aromatic rings. The smallest absolute Gasteiger partial charge is 0.244 e. The zero-order valence-corrected chi connectivity index (χ0v) is 11.0. The molecule has 5 heteroatoms. The lowest BCUT2D eigenvalue weighted by atomic mass is 10.2. The third-order valence-corrected chi connectivity index (χ3v) is 3.22. The van der Waals surface area contributed by atoms with Crippen LogP contribution in [0.2, 0.25) is 0 Å². The quantitative estimate of drug-likeness (QED) is 0.785. The fraction of sp³-hybridized carbons (Fsp3) is 0.0625. The van der Waals surface area contributed by atoms with Crippen molar-refractivity contribution in [1.82, 2.24) is 4.57 Å². The van der Waals surface area contributed by atoms with Crippen LogP contribution in [0.5, 0.6) is 0 Å². The summed E-state index contributed by atoms with van der Waals surface area (Å²) in [6.07, 6.45) is 1.77. The lowest BCUT2D eigenvalue weighted by Gasteiger charge is -2.09. The van der Waals surface area contributed by atoms with E-state index in [0.29, 0.717) is 0 Å². The number of amides is 1. The maximum absolute atomic E-state index is 13.5. The molecule has 0 aliphatic carbocycles. The number of rotatable bonds is 3. The Bertz CT molecular complexity index is 791. The number of para-hydroxylation sites is 2. The Morgan fingerprint density at radius 3 is 2.48 bits per heavy atom. The fourth-order valence-corrected chi connectivity index (χ4v) is 2.23. The molecule has 0 saturated heterocycles. The summed E-state index contributed by atoms with van der Waals surface area (Å²) in [5, 5.41) is 3.27. The number of carbonyl (C=O) groups is 1. The maximum Gasteiger partial charge on any atom is 0.244 e. The first-order chi connectivity index (χ1) is 10.1. The van der Waals surface area contributed by atoms with E-state index < -0.39 is 23.2 Å². The zero-order chi connectivity index (χ0) is 14.8. The predicted molar refractivity (Wildman–Crippen MR) is 76.9 cm³/mol. The van der Waals surface area contributed by atoms with Crippen LogP contribution >= 0.6 is 0 Å². The van der Waals surface area contributed by atoms with E-state index >= 15 is 0 Å². The van der Waals surface area contributed by atoms with E-state index in [1.807, 2.05) is 30.3 Å². The normalized spacial score (nSPS) is 10.8. The first kappa shape index (κ1) is 13.3. The molecular weight excluding hydrogens is 274 g/mol. The SMILES string of the molecule is O=C(Cn1ccc2ccccc21)Nc1c(F)cccc1F. The second-order valence-electron chi connectivity index (χ2n) is 4.65. The lowest BCUT2D eigenvalue weighted by Crippen LogP contribution is -2.19. The molecule has 1 heterocycles. The van der Waals surface area contributed by atoms with Crippen LogP contribution in [0.25, 0.3) is 10.9 Å². The highest BCUT2D eigenvalue weighted by atomic mass is 19.1. The number of hydrogen-bond acceptors (Lipinski definition) is 1. The van der Waals surface area contributed by atoms with Crippen LogP contribution in [0.15, 0.2) is 54.7 Å². The summed E-state index contributed by atoms with van der Waals surface area (Å²) in [6.45, 7) is -0.0126. The van der Waals surface area contributed by atoms with Crippen molar-refractivity contribution in [2.45, 2.75) is 6.54 Å². The van der Waals surface area contributed by atoms with E-state index in [1.54, 1.807) is 10.8 Å². The number of halogens is 2. The van der Waals surface area contributed by atoms with Gasteiger partial charge in [-0.2, -0.15) is 0 Å². The largest absolute Gasteiger partial charge is 0.338 e. The van der Waals surface area contributed by atoms with E-state index in [2.05, 4.69) is 5.32 Å². The molecule has 0 radical (unpaired) electrons. The van der Waals surface area contributed by atoms with Crippen molar-refractivity contribution in [3.63, 3.8) is 0 Å². The Morgan fingerprint density at radius 2 is 1.71 bits per heavy atom. The molecule has 106 valence electrons. The molecule has 2 aromatic carbocycles. The lowest BCUT2D eigenvalue weighted by molar-refractivity contribution is -0.116. The van der Waals surface area contributed by atoms with Crippen molar-refractivity contribution in [1.29, 1.82) is 0 Å². The van der Waals surface area contributed by atoms with Crippen molar-refractivity contribution >= 4 is 22.5 Å². The van der Waals surface area contributed by atoms with Crippen molar-refractivity contribution in [3.8, 4) is 0 Å². The molecule has 1 amide bonds. The van der Waals surface area contributed by atoms with Crippen LogP contribution in [0, 0.1) is 11.6 Å². The molecule has 1 N–H and O–H groups in total. The summed E-state index contributed by atoms with van der Waals surface area (Å²) in [5.74, 6) is -2.07. The molecule has 0 saturated carbocycles. The minimum atomic E-state index is -0.791. The number of anilines is 1. The molecule has 0 aliphatic rings. The number of aromatic nitrogens is 1. The summed E-state index contributed by atoms with van der Waals surface area (Å²) in [7, 11) is 0. The summed E-state index contributed by atoms with van der Waals surface area (Å²) >= 11 is 0. The third kappa shape index (κ3) is 2.63. The third-order valence-electron chi connectivity index (χ3n) is 3.22. The van der Waals surface area contributed by atoms with Gasteiger partial charge in [0.2, 0.25) is 5.91 Å². The molecule has 0 aliphatic heterocycles. The van der Waals surface area contributed by atoms with Crippen molar-refractivity contribution in [3.05, 3.63) is 66.4 Å². The highest BCUT2D eigenvalue weighted by Crippen LogP contribution is 2.19. The molecule has 3 nitrogen and oxygen atoms in total. The predicted octanol–water partition coefficient (Wildman–Crippen LogP) is 3.56. The molecule has 3 rings (SSSR count). The van der Waals surface area contributed by atoms with Crippen molar-refractivity contribution in [2.24, 2.45) is 0 Å².